The molecule has 0 unspecified atom stereocenters. The minimum absolute atomic E-state index is 0.0323. The number of nitrogens with zero attached hydrogens (tertiary/aromatic N) is 1. The van der Waals surface area contributed by atoms with E-state index in [1.165, 1.54) is 0 Å². The maximum absolute atomic E-state index is 12.4. The summed E-state index contributed by atoms with van der Waals surface area (Å²) >= 11 is 0. The molecule has 1 saturated carbocycles. The molecule has 0 radical (unpaired) electrons. The highest BCUT2D eigenvalue weighted by Gasteiger charge is 2.46. The van der Waals surface area contributed by atoms with Crippen LogP contribution in [-0.2, 0) is 9.59 Å². The van der Waals surface area contributed by atoms with Crippen molar-refractivity contribution < 1.29 is 19.4 Å². The Hall–Kier alpha value is -2.04. The predicted octanol–water partition coefficient (Wildman–Crippen LogP) is 2.25. The second-order valence-electron chi connectivity index (χ2n) is 6.75. The molecule has 1 aliphatic carbocycles. The Morgan fingerprint density at radius 2 is 1.87 bits per heavy atom. The smallest absolute Gasteiger partial charge is 0.308 e. The van der Waals surface area contributed by atoms with Crippen LogP contribution in [0.5, 0.6) is 5.75 Å². The minimum Gasteiger partial charge on any atom is -0.483 e. The van der Waals surface area contributed by atoms with Crippen molar-refractivity contribution in [3.63, 3.8) is 0 Å². The van der Waals surface area contributed by atoms with Gasteiger partial charge in [0.1, 0.15) is 5.75 Å². The van der Waals surface area contributed by atoms with Gasteiger partial charge in [-0.15, -0.1) is 0 Å². The van der Waals surface area contributed by atoms with E-state index in [0.29, 0.717) is 19.0 Å². The van der Waals surface area contributed by atoms with Crippen molar-refractivity contribution in [2.75, 3.05) is 19.7 Å². The number of para-hydroxylation sites is 1. The highest BCUT2D eigenvalue weighted by molar-refractivity contribution is 5.80. The molecule has 23 heavy (non-hydrogen) atoms. The lowest BCUT2D eigenvalue weighted by atomic mass is 9.92. The number of carbonyl (C=O) groups excluding carboxylic acids is 1. The average Bonchev–Trinajstić information content (AvgIpc) is 3.24. The summed E-state index contributed by atoms with van der Waals surface area (Å²) in [5, 5.41) is 9.37. The zero-order chi connectivity index (χ0) is 16.6. The van der Waals surface area contributed by atoms with Gasteiger partial charge in [0.05, 0.1) is 5.92 Å². The molecule has 2 aliphatic rings. The molecule has 1 aromatic rings. The second-order valence-corrected chi connectivity index (χ2v) is 6.75. The summed E-state index contributed by atoms with van der Waals surface area (Å²) in [5.74, 6) is 0.000203. The van der Waals surface area contributed by atoms with Crippen molar-refractivity contribution in [2.45, 2.75) is 26.7 Å². The van der Waals surface area contributed by atoms with E-state index in [-0.39, 0.29) is 18.4 Å². The first-order valence-electron chi connectivity index (χ1n) is 8.17. The number of likely N-dealkylation sites (tertiary alicyclic amines) is 1. The number of carboxylic acids is 1. The summed E-state index contributed by atoms with van der Waals surface area (Å²) < 4.78 is 5.71. The van der Waals surface area contributed by atoms with Gasteiger partial charge in [-0.25, -0.2) is 0 Å². The third kappa shape index (κ3) is 3.33. The number of carboxylic acid groups (broad SMARTS) is 1. The molecule has 0 bridgehead atoms. The Labute approximate surface area is 136 Å². The molecule has 3 rings (SSSR count). The number of aliphatic carboxylic acids is 1. The van der Waals surface area contributed by atoms with E-state index in [1.54, 1.807) is 4.90 Å². The molecular weight excluding hydrogens is 294 g/mol. The van der Waals surface area contributed by atoms with Crippen LogP contribution in [0, 0.1) is 31.6 Å². The summed E-state index contributed by atoms with van der Waals surface area (Å²) in [6.07, 6.45) is 2.19. The van der Waals surface area contributed by atoms with Gasteiger partial charge in [-0.2, -0.15) is 0 Å². The summed E-state index contributed by atoms with van der Waals surface area (Å²) in [6.45, 7) is 4.73. The van der Waals surface area contributed by atoms with Crippen LogP contribution >= 0.6 is 0 Å². The third-order valence-electron chi connectivity index (χ3n) is 5.01. The molecule has 5 heteroatoms. The van der Waals surface area contributed by atoms with Crippen LogP contribution in [0.4, 0.5) is 0 Å². The SMILES string of the molecule is Cc1cccc(C)c1OCC(=O)N1C[C@H](C(=O)O)[C@@H](C2CC2)C1. The predicted molar refractivity (Wildman–Crippen MR) is 85.3 cm³/mol. The molecule has 2 atom stereocenters. The Balaban J connectivity index is 1.61. The molecule has 5 nitrogen and oxygen atoms in total. The average molecular weight is 317 g/mol. The number of hydrogen-bond donors (Lipinski definition) is 1. The standard InChI is InChI=1S/C18H23NO4/c1-11-4-3-5-12(2)17(11)23-10-16(20)19-8-14(13-6-7-13)15(9-19)18(21)22/h3-5,13-15H,6-10H2,1-2H3,(H,21,22)/t14-,15+/m1/s1. The molecule has 0 spiro atoms. The quantitative estimate of drug-likeness (QED) is 0.904. The number of rotatable bonds is 5. The van der Waals surface area contributed by atoms with E-state index < -0.39 is 11.9 Å². The fraction of sp³-hybridized carbons (Fsp3) is 0.556. The molecule has 2 fully saturated rings. The van der Waals surface area contributed by atoms with E-state index in [2.05, 4.69) is 0 Å². The van der Waals surface area contributed by atoms with Gasteiger partial charge in [-0.3, -0.25) is 9.59 Å². The Bertz CT molecular complexity index is 603. The minimum atomic E-state index is -0.784. The van der Waals surface area contributed by atoms with Crippen LogP contribution in [0.25, 0.3) is 0 Å². The number of benzene rings is 1. The monoisotopic (exact) mass is 317 g/mol. The second kappa shape index (κ2) is 6.22. The van der Waals surface area contributed by atoms with Gasteiger partial charge < -0.3 is 14.7 Å². The number of hydrogen-bond acceptors (Lipinski definition) is 3. The molecule has 1 heterocycles. The van der Waals surface area contributed by atoms with Gasteiger partial charge in [0, 0.05) is 13.1 Å². The van der Waals surface area contributed by atoms with E-state index in [1.807, 2.05) is 32.0 Å². The maximum atomic E-state index is 12.4. The first kappa shape index (κ1) is 15.8. The highest BCUT2D eigenvalue weighted by Crippen LogP contribution is 2.44. The molecule has 124 valence electrons. The first-order valence-corrected chi connectivity index (χ1v) is 8.17. The van der Waals surface area contributed by atoms with Crippen molar-refractivity contribution in [1.29, 1.82) is 0 Å². The van der Waals surface area contributed by atoms with Gasteiger partial charge in [0.25, 0.3) is 5.91 Å². The fourth-order valence-corrected chi connectivity index (χ4v) is 3.55. The van der Waals surface area contributed by atoms with Crippen molar-refractivity contribution in [3.05, 3.63) is 29.3 Å². The molecule has 0 aromatic heterocycles. The van der Waals surface area contributed by atoms with E-state index in [0.717, 1.165) is 29.7 Å². The lowest BCUT2D eigenvalue weighted by Gasteiger charge is -2.18. The van der Waals surface area contributed by atoms with Crippen LogP contribution in [0.3, 0.4) is 0 Å². The lowest BCUT2D eigenvalue weighted by molar-refractivity contribution is -0.142. The number of amides is 1. The van der Waals surface area contributed by atoms with Gasteiger partial charge in [-0.05, 0) is 49.7 Å². The summed E-state index contributed by atoms with van der Waals surface area (Å²) in [4.78, 5) is 25.5. The van der Waals surface area contributed by atoms with Crippen molar-refractivity contribution in [1.82, 2.24) is 4.90 Å². The lowest BCUT2D eigenvalue weighted by Crippen LogP contribution is -2.34. The maximum Gasteiger partial charge on any atom is 0.308 e. The first-order chi connectivity index (χ1) is 11.0. The zero-order valence-electron chi connectivity index (χ0n) is 13.6. The Kier molecular flexibility index (Phi) is 4.28. The van der Waals surface area contributed by atoms with Gasteiger partial charge in [0.15, 0.2) is 6.61 Å². The van der Waals surface area contributed by atoms with Gasteiger partial charge >= 0.3 is 5.97 Å². The van der Waals surface area contributed by atoms with Gasteiger partial charge in [0.2, 0.25) is 0 Å². The molecule has 1 aliphatic heterocycles. The number of carbonyl (C=O) groups is 2. The van der Waals surface area contributed by atoms with E-state index in [4.69, 9.17) is 4.74 Å². The molecular formula is C18H23NO4. The van der Waals surface area contributed by atoms with Crippen LogP contribution in [-0.4, -0.2) is 41.6 Å². The summed E-state index contributed by atoms with van der Waals surface area (Å²) in [5.41, 5.74) is 2.00. The molecule has 1 aromatic carbocycles. The summed E-state index contributed by atoms with van der Waals surface area (Å²) in [7, 11) is 0. The van der Waals surface area contributed by atoms with Crippen molar-refractivity contribution >= 4 is 11.9 Å². The van der Waals surface area contributed by atoms with Crippen molar-refractivity contribution in [2.24, 2.45) is 17.8 Å². The topological polar surface area (TPSA) is 66.8 Å². The van der Waals surface area contributed by atoms with Crippen LogP contribution in [0.15, 0.2) is 18.2 Å². The Morgan fingerprint density at radius 3 is 2.43 bits per heavy atom. The molecule has 1 saturated heterocycles. The van der Waals surface area contributed by atoms with Crippen LogP contribution in [0.2, 0.25) is 0 Å². The normalized spacial score (nSPS) is 23.8. The number of aryl methyl sites for hydroxylation is 2. The van der Waals surface area contributed by atoms with Crippen LogP contribution < -0.4 is 4.74 Å². The van der Waals surface area contributed by atoms with E-state index >= 15 is 0 Å². The fourth-order valence-electron chi connectivity index (χ4n) is 3.55. The van der Waals surface area contributed by atoms with E-state index in [9.17, 15) is 14.7 Å². The number of ether oxygens (including phenoxy) is 1. The zero-order valence-corrected chi connectivity index (χ0v) is 13.6. The third-order valence-corrected chi connectivity index (χ3v) is 5.01. The van der Waals surface area contributed by atoms with Gasteiger partial charge in [-0.1, -0.05) is 18.2 Å². The highest BCUT2D eigenvalue weighted by atomic mass is 16.5. The summed E-state index contributed by atoms with van der Waals surface area (Å²) in [6, 6.07) is 5.86. The largest absolute Gasteiger partial charge is 0.483 e. The van der Waals surface area contributed by atoms with Crippen LogP contribution in [0.1, 0.15) is 24.0 Å². The Morgan fingerprint density at radius 1 is 1.22 bits per heavy atom. The molecule has 1 amide bonds. The van der Waals surface area contributed by atoms with Crippen molar-refractivity contribution in [3.8, 4) is 5.75 Å². The molecule has 1 N–H and O–H groups in total.